The fourth-order valence-electron chi connectivity index (χ4n) is 3.29. The highest BCUT2D eigenvalue weighted by molar-refractivity contribution is 4.78. The summed E-state index contributed by atoms with van der Waals surface area (Å²) in [7, 11) is 0. The van der Waals surface area contributed by atoms with Crippen molar-refractivity contribution in [2.75, 3.05) is 19.7 Å². The fraction of sp³-hybridized carbons (Fsp3) is 1.00. The third kappa shape index (κ3) is 7.94. The maximum atomic E-state index is 8.93. The lowest BCUT2D eigenvalue weighted by Crippen LogP contribution is -2.30. The number of aliphatic hydroxyl groups excluding tert-OH is 1. The second-order valence-corrected chi connectivity index (χ2v) is 6.17. The van der Waals surface area contributed by atoms with Gasteiger partial charge in [-0.1, -0.05) is 51.9 Å². The summed E-state index contributed by atoms with van der Waals surface area (Å²) in [4.78, 5) is 2.67. The van der Waals surface area contributed by atoms with Crippen LogP contribution in [-0.2, 0) is 0 Å². The Kier molecular flexibility index (Phi) is 10.5. The average Bonchev–Trinajstić information content (AvgIpc) is 2.87. The van der Waals surface area contributed by atoms with Gasteiger partial charge in [0.05, 0.1) is 0 Å². The van der Waals surface area contributed by atoms with Crippen LogP contribution in [0.1, 0.15) is 84.0 Å². The van der Waals surface area contributed by atoms with Crippen molar-refractivity contribution in [1.82, 2.24) is 4.90 Å². The molecular weight excluding hydrogens is 234 g/mol. The molecule has 1 heterocycles. The molecule has 19 heavy (non-hydrogen) atoms. The SMILES string of the molecule is CCCCCCCCCCN1CCCC1CCCO. The molecule has 0 amide bonds. The molecule has 1 unspecified atom stereocenters. The van der Waals surface area contributed by atoms with Crippen molar-refractivity contribution >= 4 is 0 Å². The molecule has 0 aliphatic carbocycles. The lowest BCUT2D eigenvalue weighted by Gasteiger charge is -2.24. The monoisotopic (exact) mass is 269 g/mol. The number of hydrogen-bond donors (Lipinski definition) is 1. The zero-order chi connectivity index (χ0) is 13.8. The van der Waals surface area contributed by atoms with Crippen LogP contribution in [0.25, 0.3) is 0 Å². The number of aliphatic hydroxyl groups is 1. The minimum atomic E-state index is 0.363. The van der Waals surface area contributed by atoms with Crippen molar-refractivity contribution in [3.05, 3.63) is 0 Å². The Morgan fingerprint density at radius 2 is 1.63 bits per heavy atom. The third-order valence-electron chi connectivity index (χ3n) is 4.49. The smallest absolute Gasteiger partial charge is 0.0431 e. The summed E-state index contributed by atoms with van der Waals surface area (Å²) in [5.41, 5.74) is 0. The maximum Gasteiger partial charge on any atom is 0.0431 e. The molecule has 1 aliphatic rings. The molecule has 0 saturated carbocycles. The Morgan fingerprint density at radius 3 is 2.32 bits per heavy atom. The van der Waals surface area contributed by atoms with E-state index in [1.54, 1.807) is 0 Å². The summed E-state index contributed by atoms with van der Waals surface area (Å²) >= 11 is 0. The summed E-state index contributed by atoms with van der Waals surface area (Å²) in [5, 5.41) is 8.93. The van der Waals surface area contributed by atoms with Gasteiger partial charge in [-0.3, -0.25) is 0 Å². The largest absolute Gasteiger partial charge is 0.396 e. The summed E-state index contributed by atoms with van der Waals surface area (Å²) in [6.07, 6.45) is 16.2. The summed E-state index contributed by atoms with van der Waals surface area (Å²) in [5.74, 6) is 0. The van der Waals surface area contributed by atoms with Crippen molar-refractivity contribution in [1.29, 1.82) is 0 Å². The highest BCUT2D eigenvalue weighted by Gasteiger charge is 2.22. The maximum absolute atomic E-state index is 8.93. The highest BCUT2D eigenvalue weighted by atomic mass is 16.2. The number of hydrogen-bond acceptors (Lipinski definition) is 2. The molecule has 0 bridgehead atoms. The molecule has 1 aliphatic heterocycles. The molecule has 1 N–H and O–H groups in total. The van der Waals surface area contributed by atoms with Gasteiger partial charge in [-0.2, -0.15) is 0 Å². The van der Waals surface area contributed by atoms with Gasteiger partial charge < -0.3 is 10.0 Å². The highest BCUT2D eigenvalue weighted by Crippen LogP contribution is 2.22. The summed E-state index contributed by atoms with van der Waals surface area (Å²) < 4.78 is 0. The van der Waals surface area contributed by atoms with E-state index in [-0.39, 0.29) is 0 Å². The van der Waals surface area contributed by atoms with E-state index in [4.69, 9.17) is 5.11 Å². The second kappa shape index (κ2) is 11.7. The van der Waals surface area contributed by atoms with Crippen LogP contribution in [0.15, 0.2) is 0 Å². The molecule has 0 radical (unpaired) electrons. The van der Waals surface area contributed by atoms with Crippen molar-refractivity contribution in [2.24, 2.45) is 0 Å². The van der Waals surface area contributed by atoms with Crippen LogP contribution in [0, 0.1) is 0 Å². The first-order valence-electron chi connectivity index (χ1n) is 8.73. The topological polar surface area (TPSA) is 23.5 Å². The molecule has 0 spiro atoms. The number of nitrogens with zero attached hydrogens (tertiary/aromatic N) is 1. The van der Waals surface area contributed by atoms with E-state index in [1.165, 1.54) is 83.7 Å². The van der Waals surface area contributed by atoms with Gasteiger partial charge in [0.2, 0.25) is 0 Å². The van der Waals surface area contributed by atoms with E-state index < -0.39 is 0 Å². The molecule has 114 valence electrons. The van der Waals surface area contributed by atoms with Crippen LogP contribution in [0.2, 0.25) is 0 Å². The zero-order valence-electron chi connectivity index (χ0n) is 13.1. The quantitative estimate of drug-likeness (QED) is 0.532. The normalized spacial score (nSPS) is 20.2. The molecule has 0 aromatic heterocycles. The first-order valence-corrected chi connectivity index (χ1v) is 8.73. The predicted octanol–water partition coefficient (Wildman–Crippen LogP) is 4.36. The lowest BCUT2D eigenvalue weighted by atomic mass is 10.1. The second-order valence-electron chi connectivity index (χ2n) is 6.17. The van der Waals surface area contributed by atoms with E-state index in [2.05, 4.69) is 11.8 Å². The van der Waals surface area contributed by atoms with Crippen LogP contribution in [0.5, 0.6) is 0 Å². The number of unbranched alkanes of at least 4 members (excludes halogenated alkanes) is 7. The van der Waals surface area contributed by atoms with Crippen LogP contribution < -0.4 is 0 Å². The number of rotatable bonds is 12. The van der Waals surface area contributed by atoms with Gasteiger partial charge >= 0.3 is 0 Å². The van der Waals surface area contributed by atoms with Crippen molar-refractivity contribution in [3.63, 3.8) is 0 Å². The average molecular weight is 269 g/mol. The molecule has 1 rings (SSSR count). The zero-order valence-corrected chi connectivity index (χ0v) is 13.1. The predicted molar refractivity (Wildman–Crippen MR) is 83.5 cm³/mol. The minimum Gasteiger partial charge on any atom is -0.396 e. The fourth-order valence-corrected chi connectivity index (χ4v) is 3.29. The Hall–Kier alpha value is -0.0800. The van der Waals surface area contributed by atoms with E-state index in [0.717, 1.165) is 12.5 Å². The molecular formula is C17H35NO. The van der Waals surface area contributed by atoms with Gasteiger partial charge in [0, 0.05) is 12.6 Å². The Labute approximate surface area is 120 Å². The summed E-state index contributed by atoms with van der Waals surface area (Å²) in [6, 6.07) is 0.775. The molecule has 2 nitrogen and oxygen atoms in total. The number of likely N-dealkylation sites (tertiary alicyclic amines) is 1. The van der Waals surface area contributed by atoms with Crippen molar-refractivity contribution < 1.29 is 5.11 Å². The van der Waals surface area contributed by atoms with E-state index >= 15 is 0 Å². The first-order chi connectivity index (χ1) is 9.38. The summed E-state index contributed by atoms with van der Waals surface area (Å²) in [6.45, 7) is 5.24. The third-order valence-corrected chi connectivity index (χ3v) is 4.49. The van der Waals surface area contributed by atoms with Crippen LogP contribution in [0.3, 0.4) is 0 Å². The van der Waals surface area contributed by atoms with Gasteiger partial charge in [0.25, 0.3) is 0 Å². The van der Waals surface area contributed by atoms with E-state index in [0.29, 0.717) is 6.61 Å². The van der Waals surface area contributed by atoms with Gasteiger partial charge in [-0.05, 0) is 45.2 Å². The van der Waals surface area contributed by atoms with Gasteiger partial charge in [0.15, 0.2) is 0 Å². The Bertz CT molecular complexity index is 196. The van der Waals surface area contributed by atoms with Gasteiger partial charge in [-0.15, -0.1) is 0 Å². The minimum absolute atomic E-state index is 0.363. The molecule has 1 fully saturated rings. The molecule has 1 saturated heterocycles. The van der Waals surface area contributed by atoms with Gasteiger partial charge in [-0.25, -0.2) is 0 Å². The van der Waals surface area contributed by atoms with Crippen LogP contribution in [0.4, 0.5) is 0 Å². The van der Waals surface area contributed by atoms with Crippen molar-refractivity contribution in [2.45, 2.75) is 90.0 Å². The van der Waals surface area contributed by atoms with Crippen LogP contribution in [-0.4, -0.2) is 35.7 Å². The molecule has 0 aromatic carbocycles. The van der Waals surface area contributed by atoms with E-state index in [1.807, 2.05) is 0 Å². The van der Waals surface area contributed by atoms with E-state index in [9.17, 15) is 0 Å². The standard InChI is InChI=1S/C17H35NO/c1-2-3-4-5-6-7-8-9-14-18-15-10-12-17(18)13-11-16-19/h17,19H,2-16H2,1H3. The first kappa shape index (κ1) is 17.0. The molecule has 1 atom stereocenters. The van der Waals surface area contributed by atoms with Gasteiger partial charge in [0.1, 0.15) is 0 Å². The Morgan fingerprint density at radius 1 is 0.947 bits per heavy atom. The molecule has 2 heteroatoms. The van der Waals surface area contributed by atoms with Crippen molar-refractivity contribution in [3.8, 4) is 0 Å². The van der Waals surface area contributed by atoms with Crippen LogP contribution >= 0.6 is 0 Å². The lowest BCUT2D eigenvalue weighted by molar-refractivity contribution is 0.213. The Balaban J connectivity index is 1.93. The molecule has 0 aromatic rings.